The first kappa shape index (κ1) is 21.7. The fourth-order valence-corrected chi connectivity index (χ4v) is 3.63. The van der Waals surface area contributed by atoms with Gasteiger partial charge in [-0.3, -0.25) is 0 Å². The Morgan fingerprint density at radius 1 is 1.07 bits per heavy atom. The number of methoxy groups -OCH3 is 2. The summed E-state index contributed by atoms with van der Waals surface area (Å²) in [6, 6.07) is 19.7. The first-order valence-corrected chi connectivity index (χ1v) is 10.1. The highest BCUT2D eigenvalue weighted by Crippen LogP contribution is 2.36. The Morgan fingerprint density at radius 3 is 2.43 bits per heavy atom. The molecule has 4 nitrogen and oxygen atoms in total. The molecule has 0 radical (unpaired) electrons. The van der Waals surface area contributed by atoms with Gasteiger partial charge in [-0.15, -0.1) is 0 Å². The standard InChI is InChI=1S/C24H19FINO3/c1-28-20-9-7-17(8-10-20)19(14-27)11-16-12-22(26)24(23(13-16)29-2)30-15-18-5-3-4-6-21(18)25/h3-13H,15H2,1-2H3/b19-11+. The maximum Gasteiger partial charge on any atom is 0.174 e. The van der Waals surface area contributed by atoms with Gasteiger partial charge in [-0.05, 0) is 82.3 Å². The molecular weight excluding hydrogens is 496 g/mol. The minimum atomic E-state index is -0.316. The Kier molecular flexibility index (Phi) is 7.31. The van der Waals surface area contributed by atoms with E-state index >= 15 is 0 Å². The van der Waals surface area contributed by atoms with Crippen molar-refractivity contribution >= 4 is 34.2 Å². The molecule has 3 aromatic carbocycles. The van der Waals surface area contributed by atoms with E-state index in [0.717, 1.165) is 20.4 Å². The van der Waals surface area contributed by atoms with Crippen molar-refractivity contribution in [3.63, 3.8) is 0 Å². The normalized spacial score (nSPS) is 11.0. The van der Waals surface area contributed by atoms with E-state index in [1.54, 1.807) is 44.6 Å². The largest absolute Gasteiger partial charge is 0.497 e. The summed E-state index contributed by atoms with van der Waals surface area (Å²) in [5.74, 6) is 1.45. The molecule has 0 spiro atoms. The summed E-state index contributed by atoms with van der Waals surface area (Å²) in [4.78, 5) is 0. The van der Waals surface area contributed by atoms with Gasteiger partial charge in [0.1, 0.15) is 18.2 Å². The summed E-state index contributed by atoms with van der Waals surface area (Å²) >= 11 is 2.14. The number of allylic oxidation sites excluding steroid dienone is 1. The SMILES string of the molecule is COc1ccc(/C(C#N)=C/c2cc(I)c(OCc3ccccc3F)c(OC)c2)cc1. The van der Waals surface area contributed by atoms with Crippen LogP contribution in [0, 0.1) is 20.7 Å². The molecular formula is C24H19FINO3. The van der Waals surface area contributed by atoms with Crippen molar-refractivity contribution in [2.24, 2.45) is 0 Å². The van der Waals surface area contributed by atoms with E-state index in [1.165, 1.54) is 6.07 Å². The molecule has 0 aliphatic carbocycles. The lowest BCUT2D eigenvalue weighted by Crippen LogP contribution is -2.02. The van der Waals surface area contributed by atoms with Crippen LogP contribution in [-0.2, 0) is 6.61 Å². The quantitative estimate of drug-likeness (QED) is 0.217. The van der Waals surface area contributed by atoms with Gasteiger partial charge in [0.25, 0.3) is 0 Å². The summed E-state index contributed by atoms with van der Waals surface area (Å²) in [7, 11) is 3.14. The third-order valence-corrected chi connectivity index (χ3v) is 5.22. The maximum absolute atomic E-state index is 13.9. The molecule has 0 N–H and O–H groups in total. The number of halogens is 2. The van der Waals surface area contributed by atoms with Gasteiger partial charge in [0.15, 0.2) is 11.5 Å². The highest BCUT2D eigenvalue weighted by atomic mass is 127. The van der Waals surface area contributed by atoms with E-state index in [0.29, 0.717) is 22.6 Å². The van der Waals surface area contributed by atoms with Crippen molar-refractivity contribution in [3.8, 4) is 23.3 Å². The molecule has 0 saturated heterocycles. The highest BCUT2D eigenvalue weighted by molar-refractivity contribution is 14.1. The molecule has 0 fully saturated rings. The zero-order valence-electron chi connectivity index (χ0n) is 16.5. The number of rotatable bonds is 7. The smallest absolute Gasteiger partial charge is 0.174 e. The van der Waals surface area contributed by atoms with Crippen LogP contribution in [0.1, 0.15) is 16.7 Å². The molecule has 0 unspecified atom stereocenters. The van der Waals surface area contributed by atoms with Crippen LogP contribution >= 0.6 is 22.6 Å². The van der Waals surface area contributed by atoms with Gasteiger partial charge >= 0.3 is 0 Å². The van der Waals surface area contributed by atoms with Gasteiger partial charge in [0, 0.05) is 5.56 Å². The lowest BCUT2D eigenvalue weighted by molar-refractivity contribution is 0.277. The summed E-state index contributed by atoms with van der Waals surface area (Å²) in [6.45, 7) is 0.0868. The van der Waals surface area contributed by atoms with Crippen LogP contribution in [0.5, 0.6) is 17.2 Å². The van der Waals surface area contributed by atoms with Crippen LogP contribution in [0.25, 0.3) is 11.6 Å². The molecule has 0 amide bonds. The van der Waals surface area contributed by atoms with Gasteiger partial charge in [-0.2, -0.15) is 5.26 Å². The lowest BCUT2D eigenvalue weighted by atomic mass is 10.0. The van der Waals surface area contributed by atoms with Crippen molar-refractivity contribution in [2.45, 2.75) is 6.61 Å². The van der Waals surface area contributed by atoms with Crippen molar-refractivity contribution in [2.75, 3.05) is 14.2 Å². The van der Waals surface area contributed by atoms with E-state index in [2.05, 4.69) is 28.7 Å². The number of benzene rings is 3. The minimum absolute atomic E-state index is 0.0868. The number of ether oxygens (including phenoxy) is 3. The van der Waals surface area contributed by atoms with Crippen LogP contribution in [0.4, 0.5) is 4.39 Å². The molecule has 0 bridgehead atoms. The fourth-order valence-electron chi connectivity index (χ4n) is 2.85. The van der Waals surface area contributed by atoms with Crippen LogP contribution in [0.15, 0.2) is 60.7 Å². The summed E-state index contributed by atoms with van der Waals surface area (Å²) in [6.07, 6.45) is 1.78. The first-order valence-electron chi connectivity index (χ1n) is 9.05. The van der Waals surface area contributed by atoms with Crippen LogP contribution in [0.3, 0.4) is 0 Å². The number of nitriles is 1. The third-order valence-electron chi connectivity index (χ3n) is 4.41. The Bertz CT molecular complexity index is 1100. The number of nitrogens with zero attached hydrogens (tertiary/aromatic N) is 1. The Balaban J connectivity index is 1.89. The van der Waals surface area contributed by atoms with Crippen molar-refractivity contribution in [1.29, 1.82) is 5.26 Å². The minimum Gasteiger partial charge on any atom is -0.497 e. The van der Waals surface area contributed by atoms with E-state index in [9.17, 15) is 9.65 Å². The Labute approximate surface area is 188 Å². The van der Waals surface area contributed by atoms with E-state index in [1.807, 2.05) is 30.3 Å². The molecule has 6 heteroatoms. The predicted molar refractivity (Wildman–Crippen MR) is 123 cm³/mol. The van der Waals surface area contributed by atoms with Crippen LogP contribution in [-0.4, -0.2) is 14.2 Å². The molecule has 0 heterocycles. The molecule has 152 valence electrons. The second-order valence-electron chi connectivity index (χ2n) is 6.31. The molecule has 0 atom stereocenters. The maximum atomic E-state index is 13.9. The third kappa shape index (κ3) is 5.10. The van der Waals surface area contributed by atoms with Gasteiger partial charge in [-0.1, -0.05) is 18.2 Å². The van der Waals surface area contributed by atoms with Crippen molar-refractivity contribution < 1.29 is 18.6 Å². The molecule has 0 aliphatic rings. The Morgan fingerprint density at radius 2 is 1.80 bits per heavy atom. The van der Waals surface area contributed by atoms with Crippen molar-refractivity contribution in [1.82, 2.24) is 0 Å². The highest BCUT2D eigenvalue weighted by Gasteiger charge is 2.13. The van der Waals surface area contributed by atoms with Crippen molar-refractivity contribution in [3.05, 3.63) is 86.7 Å². The van der Waals surface area contributed by atoms with Gasteiger partial charge < -0.3 is 14.2 Å². The lowest BCUT2D eigenvalue weighted by Gasteiger charge is -2.14. The van der Waals surface area contributed by atoms with E-state index < -0.39 is 0 Å². The average Bonchev–Trinajstić information content (AvgIpc) is 2.77. The molecule has 3 rings (SSSR count). The molecule has 30 heavy (non-hydrogen) atoms. The second kappa shape index (κ2) is 10.1. The summed E-state index contributed by atoms with van der Waals surface area (Å²) in [5, 5.41) is 9.61. The average molecular weight is 515 g/mol. The molecule has 3 aromatic rings. The molecule has 0 aromatic heterocycles. The second-order valence-corrected chi connectivity index (χ2v) is 7.47. The fraction of sp³-hybridized carbons (Fsp3) is 0.125. The van der Waals surface area contributed by atoms with Crippen LogP contribution < -0.4 is 14.2 Å². The zero-order valence-corrected chi connectivity index (χ0v) is 18.6. The first-order chi connectivity index (χ1) is 14.5. The molecule has 0 saturated carbocycles. The number of hydrogen-bond donors (Lipinski definition) is 0. The Hall–Kier alpha value is -3.05. The van der Waals surface area contributed by atoms with Gasteiger partial charge in [0.05, 0.1) is 29.4 Å². The summed E-state index contributed by atoms with van der Waals surface area (Å²) < 4.78 is 31.2. The van der Waals surface area contributed by atoms with Crippen LogP contribution in [0.2, 0.25) is 0 Å². The monoisotopic (exact) mass is 515 g/mol. The number of hydrogen-bond acceptors (Lipinski definition) is 4. The van der Waals surface area contributed by atoms with Gasteiger partial charge in [-0.25, -0.2) is 4.39 Å². The summed E-state index contributed by atoms with van der Waals surface area (Å²) in [5.41, 5.74) is 2.55. The van der Waals surface area contributed by atoms with E-state index in [-0.39, 0.29) is 12.4 Å². The predicted octanol–water partition coefficient (Wildman–Crippen LogP) is 6.09. The molecule has 0 aliphatic heterocycles. The van der Waals surface area contributed by atoms with E-state index in [4.69, 9.17) is 14.2 Å². The van der Waals surface area contributed by atoms with Gasteiger partial charge in [0.2, 0.25) is 0 Å². The topological polar surface area (TPSA) is 51.5 Å². The zero-order chi connectivity index (χ0) is 21.5.